The molecule has 0 radical (unpaired) electrons. The molecule has 0 aliphatic carbocycles. The normalized spacial score (nSPS) is 11.4. The van der Waals surface area contributed by atoms with Gasteiger partial charge in [-0.3, -0.25) is 4.79 Å². The quantitative estimate of drug-likeness (QED) is 0.234. The Morgan fingerprint density at radius 1 is 1.00 bits per heavy atom. The van der Waals surface area contributed by atoms with Gasteiger partial charge in [0.1, 0.15) is 23.9 Å². The Labute approximate surface area is 216 Å². The molecule has 1 unspecified atom stereocenters. The van der Waals surface area contributed by atoms with Crippen molar-refractivity contribution in [1.82, 2.24) is 4.98 Å². The molecule has 4 aromatic rings. The molecule has 0 bridgehead atoms. The molecule has 0 aliphatic heterocycles. The number of ether oxygens (including phenoxy) is 4. The van der Waals surface area contributed by atoms with Crippen molar-refractivity contribution < 1.29 is 28.2 Å². The van der Waals surface area contributed by atoms with Gasteiger partial charge in [0.15, 0.2) is 12.2 Å². The van der Waals surface area contributed by atoms with Gasteiger partial charge in [0.05, 0.1) is 45.0 Å². The smallest absolute Gasteiger partial charge is 0.308 e. The maximum atomic E-state index is 12.4. The summed E-state index contributed by atoms with van der Waals surface area (Å²) in [6.45, 7) is 2.51. The van der Waals surface area contributed by atoms with Crippen molar-refractivity contribution in [3.8, 4) is 28.6 Å². The van der Waals surface area contributed by atoms with E-state index in [4.69, 9.17) is 23.4 Å². The van der Waals surface area contributed by atoms with Gasteiger partial charge in [-0.2, -0.15) is 0 Å². The average Bonchev–Trinajstić information content (AvgIpc) is 3.47. The molecule has 3 aromatic carbocycles. The third-order valence-corrected chi connectivity index (χ3v) is 5.74. The average molecular weight is 503 g/mol. The van der Waals surface area contributed by atoms with E-state index >= 15 is 0 Å². The predicted molar refractivity (Wildman–Crippen MR) is 140 cm³/mol. The molecule has 37 heavy (non-hydrogen) atoms. The van der Waals surface area contributed by atoms with Crippen LogP contribution in [-0.2, 0) is 16.1 Å². The molecule has 0 aliphatic rings. The minimum atomic E-state index is -0.357. The molecule has 4 rings (SSSR count). The van der Waals surface area contributed by atoms with Crippen molar-refractivity contribution in [2.45, 2.75) is 26.0 Å². The summed E-state index contributed by atoms with van der Waals surface area (Å²) >= 11 is 0. The van der Waals surface area contributed by atoms with Crippen LogP contribution < -0.4 is 19.5 Å². The first kappa shape index (κ1) is 25.6. The Bertz CT molecular complexity index is 1290. The molecule has 8 nitrogen and oxygen atoms in total. The third kappa shape index (κ3) is 6.82. The lowest BCUT2D eigenvalue weighted by atomic mass is 10.0. The van der Waals surface area contributed by atoms with Crippen LogP contribution in [0.5, 0.6) is 17.2 Å². The van der Waals surface area contributed by atoms with Gasteiger partial charge in [-0.1, -0.05) is 24.3 Å². The first-order valence-corrected chi connectivity index (χ1v) is 11.9. The lowest BCUT2D eigenvalue weighted by molar-refractivity contribution is -0.143. The second-order valence-electron chi connectivity index (χ2n) is 8.20. The van der Waals surface area contributed by atoms with E-state index in [-0.39, 0.29) is 18.4 Å². The summed E-state index contributed by atoms with van der Waals surface area (Å²) in [6.07, 6.45) is 3.15. The number of benzene rings is 3. The highest BCUT2D eigenvalue weighted by molar-refractivity contribution is 5.73. The highest BCUT2D eigenvalue weighted by Gasteiger charge is 2.19. The molecule has 0 saturated heterocycles. The van der Waals surface area contributed by atoms with Crippen LogP contribution in [0.15, 0.2) is 83.7 Å². The molecule has 0 saturated carbocycles. The van der Waals surface area contributed by atoms with Crippen molar-refractivity contribution >= 4 is 11.7 Å². The Morgan fingerprint density at radius 3 is 2.54 bits per heavy atom. The van der Waals surface area contributed by atoms with Gasteiger partial charge in [0, 0.05) is 11.8 Å². The number of oxazole rings is 1. The number of anilines is 1. The highest BCUT2D eigenvalue weighted by atomic mass is 16.5. The number of carbonyl (C=O) groups excluding carboxylic acids is 1. The van der Waals surface area contributed by atoms with E-state index in [1.807, 2.05) is 66.7 Å². The standard InChI is InChI=1S/C29H30N2O6/c1-4-35-29(32)16-26(31-22-10-13-25(27(15-22)34-3)28-17-30-19-37-28)21-6-5-7-24(14-21)36-18-20-8-11-23(33-2)12-9-20/h5-15,17,19,26,31H,4,16,18H2,1-3H3. The molecule has 192 valence electrons. The topological polar surface area (TPSA) is 92.1 Å². The van der Waals surface area contributed by atoms with Gasteiger partial charge >= 0.3 is 5.97 Å². The number of methoxy groups -OCH3 is 2. The van der Waals surface area contributed by atoms with Gasteiger partial charge in [0.25, 0.3) is 0 Å². The van der Waals surface area contributed by atoms with Crippen LogP contribution in [-0.4, -0.2) is 31.8 Å². The minimum Gasteiger partial charge on any atom is -0.497 e. The zero-order valence-electron chi connectivity index (χ0n) is 21.1. The lowest BCUT2D eigenvalue weighted by Crippen LogP contribution is -2.17. The van der Waals surface area contributed by atoms with E-state index < -0.39 is 0 Å². The third-order valence-electron chi connectivity index (χ3n) is 5.74. The van der Waals surface area contributed by atoms with E-state index in [0.717, 1.165) is 28.1 Å². The van der Waals surface area contributed by atoms with Crippen molar-refractivity contribution in [1.29, 1.82) is 0 Å². The Hall–Kier alpha value is -4.46. The number of carbonyl (C=O) groups is 1. The maximum absolute atomic E-state index is 12.4. The summed E-state index contributed by atoms with van der Waals surface area (Å²) in [5, 5.41) is 3.45. The van der Waals surface area contributed by atoms with Crippen molar-refractivity contribution in [2.75, 3.05) is 26.1 Å². The second kappa shape index (κ2) is 12.5. The number of rotatable bonds is 12. The van der Waals surface area contributed by atoms with Gasteiger partial charge in [-0.25, -0.2) is 4.98 Å². The first-order chi connectivity index (χ1) is 18.1. The maximum Gasteiger partial charge on any atom is 0.308 e. The summed E-state index contributed by atoms with van der Waals surface area (Å²) in [6, 6.07) is 20.7. The Kier molecular flexibility index (Phi) is 8.65. The lowest BCUT2D eigenvalue weighted by Gasteiger charge is -2.21. The van der Waals surface area contributed by atoms with Gasteiger partial charge in [-0.15, -0.1) is 0 Å². The molecule has 1 heterocycles. The van der Waals surface area contributed by atoms with Crippen LogP contribution in [0.25, 0.3) is 11.3 Å². The van der Waals surface area contributed by atoms with Crippen molar-refractivity contribution in [3.63, 3.8) is 0 Å². The second-order valence-corrected chi connectivity index (χ2v) is 8.20. The van der Waals surface area contributed by atoms with Crippen LogP contribution >= 0.6 is 0 Å². The van der Waals surface area contributed by atoms with Crippen LogP contribution in [0.2, 0.25) is 0 Å². The van der Waals surface area contributed by atoms with E-state index in [0.29, 0.717) is 30.5 Å². The van der Waals surface area contributed by atoms with Crippen LogP contribution in [0, 0.1) is 0 Å². The predicted octanol–water partition coefficient (Wildman–Crippen LogP) is 6.04. The molecule has 0 spiro atoms. The number of hydrogen-bond donors (Lipinski definition) is 1. The van der Waals surface area contributed by atoms with E-state index in [2.05, 4.69) is 10.3 Å². The fourth-order valence-corrected chi connectivity index (χ4v) is 3.88. The zero-order chi connectivity index (χ0) is 26.0. The largest absolute Gasteiger partial charge is 0.497 e. The summed E-state index contributed by atoms with van der Waals surface area (Å²) in [5.74, 6) is 2.42. The highest BCUT2D eigenvalue weighted by Crippen LogP contribution is 2.34. The fraction of sp³-hybridized carbons (Fsp3) is 0.241. The van der Waals surface area contributed by atoms with E-state index in [1.165, 1.54) is 6.39 Å². The molecule has 1 N–H and O–H groups in total. The summed E-state index contributed by atoms with van der Waals surface area (Å²) in [4.78, 5) is 16.4. The SMILES string of the molecule is CCOC(=O)CC(Nc1ccc(-c2cnco2)c(OC)c1)c1cccc(OCc2ccc(OC)cc2)c1. The van der Waals surface area contributed by atoms with Gasteiger partial charge in [-0.05, 0) is 54.4 Å². The first-order valence-electron chi connectivity index (χ1n) is 11.9. The summed E-state index contributed by atoms with van der Waals surface area (Å²) in [5.41, 5.74) is 3.46. The van der Waals surface area contributed by atoms with Crippen LogP contribution in [0.4, 0.5) is 5.69 Å². The summed E-state index contributed by atoms with van der Waals surface area (Å²) in [7, 11) is 3.23. The van der Waals surface area contributed by atoms with Gasteiger partial charge in [0.2, 0.25) is 0 Å². The Balaban J connectivity index is 1.54. The Morgan fingerprint density at radius 2 is 1.84 bits per heavy atom. The van der Waals surface area contributed by atoms with Crippen LogP contribution in [0.3, 0.4) is 0 Å². The molecule has 8 heteroatoms. The van der Waals surface area contributed by atoms with Crippen molar-refractivity contribution in [2.24, 2.45) is 0 Å². The molecule has 0 fully saturated rings. The monoisotopic (exact) mass is 502 g/mol. The molecule has 0 amide bonds. The fourth-order valence-electron chi connectivity index (χ4n) is 3.88. The van der Waals surface area contributed by atoms with Crippen LogP contribution in [0.1, 0.15) is 30.5 Å². The molecular formula is C29H30N2O6. The number of esters is 1. The van der Waals surface area contributed by atoms with Gasteiger partial charge < -0.3 is 28.7 Å². The molecule has 1 atom stereocenters. The number of nitrogens with zero attached hydrogens (tertiary/aromatic N) is 1. The number of aromatic nitrogens is 1. The molecular weight excluding hydrogens is 472 g/mol. The number of hydrogen-bond acceptors (Lipinski definition) is 8. The summed E-state index contributed by atoms with van der Waals surface area (Å²) < 4.78 is 27.5. The van der Waals surface area contributed by atoms with E-state index in [9.17, 15) is 4.79 Å². The van der Waals surface area contributed by atoms with Crippen molar-refractivity contribution in [3.05, 3.63) is 90.4 Å². The zero-order valence-corrected chi connectivity index (χ0v) is 21.1. The minimum absolute atomic E-state index is 0.141. The molecule has 1 aromatic heterocycles. The van der Waals surface area contributed by atoms with E-state index in [1.54, 1.807) is 27.3 Å². The number of nitrogens with one attached hydrogen (secondary N) is 1.